The number of likely N-dealkylation sites (N-methyl/N-ethyl adjacent to an activating group) is 1. The maximum atomic E-state index is 13.3. The Morgan fingerprint density at radius 2 is 1.39 bits per heavy atom. The van der Waals surface area contributed by atoms with Crippen LogP contribution < -0.4 is 0 Å². The quantitative estimate of drug-likeness (QED) is 0.246. The van der Waals surface area contributed by atoms with Crippen LogP contribution in [-0.2, 0) is 16.4 Å². The Morgan fingerprint density at radius 1 is 0.763 bits per heavy atom. The first kappa shape index (κ1) is 25.5. The highest BCUT2D eigenvalue weighted by molar-refractivity contribution is 7.90. The number of hydrogen-bond acceptors (Lipinski definition) is 3. The molecule has 5 rings (SSSR count). The number of hydrogen-bond donors (Lipinski definition) is 0. The predicted octanol–water partition coefficient (Wildman–Crippen LogP) is 6.46. The zero-order valence-electron chi connectivity index (χ0n) is 21.8. The summed E-state index contributed by atoms with van der Waals surface area (Å²) in [6.45, 7) is 3.42. The summed E-state index contributed by atoms with van der Waals surface area (Å²) in [7, 11) is -1.40. The standard InChI is InChI=1S/C32H30N2O3S/c1-23-20-28-8-4-5-13-31(28)34(23)19-18-33(2)32(35)29-12-7-11-27(22-29)26-10-6-9-25(21-26)24-14-16-30(17-15-24)38(3,36)37/h4-17,20-22H,18-19H2,1-3H3. The molecule has 38 heavy (non-hydrogen) atoms. The van der Waals surface area contributed by atoms with Crippen LogP contribution in [0.15, 0.2) is 108 Å². The third-order valence-electron chi connectivity index (χ3n) is 6.94. The van der Waals surface area contributed by atoms with Crippen molar-refractivity contribution < 1.29 is 13.2 Å². The fourth-order valence-corrected chi connectivity index (χ4v) is 5.45. The highest BCUT2D eigenvalue weighted by Gasteiger charge is 2.14. The molecule has 0 saturated carbocycles. The summed E-state index contributed by atoms with van der Waals surface area (Å²) in [5, 5.41) is 1.21. The molecule has 0 aliphatic carbocycles. The summed E-state index contributed by atoms with van der Waals surface area (Å²) in [4.78, 5) is 15.4. The highest BCUT2D eigenvalue weighted by Crippen LogP contribution is 2.28. The summed E-state index contributed by atoms with van der Waals surface area (Å²) in [6, 6.07) is 33.1. The first-order valence-corrected chi connectivity index (χ1v) is 14.4. The Kier molecular flexibility index (Phi) is 6.91. The zero-order chi connectivity index (χ0) is 26.9. The van der Waals surface area contributed by atoms with Crippen LogP contribution in [0.3, 0.4) is 0 Å². The predicted molar refractivity (Wildman–Crippen MR) is 154 cm³/mol. The Morgan fingerprint density at radius 3 is 2.11 bits per heavy atom. The van der Waals surface area contributed by atoms with E-state index in [-0.39, 0.29) is 5.91 Å². The highest BCUT2D eigenvalue weighted by atomic mass is 32.2. The third kappa shape index (κ3) is 5.27. The molecule has 0 saturated heterocycles. The van der Waals surface area contributed by atoms with Crippen LogP contribution in [-0.4, -0.2) is 43.6 Å². The van der Waals surface area contributed by atoms with Crippen molar-refractivity contribution in [3.05, 3.63) is 114 Å². The van der Waals surface area contributed by atoms with Gasteiger partial charge in [0, 0.05) is 43.2 Å². The molecule has 0 fully saturated rings. The number of nitrogens with zero attached hydrogens (tertiary/aromatic N) is 2. The lowest BCUT2D eigenvalue weighted by molar-refractivity contribution is 0.0790. The van der Waals surface area contributed by atoms with E-state index in [4.69, 9.17) is 0 Å². The SMILES string of the molecule is Cc1cc2ccccc2n1CCN(C)C(=O)c1cccc(-c2cccc(-c3ccc(S(C)(=O)=O)cc3)c2)c1. The second-order valence-electron chi connectivity index (χ2n) is 9.68. The molecule has 1 amide bonds. The van der Waals surface area contributed by atoms with E-state index in [2.05, 4.69) is 35.8 Å². The molecule has 5 nitrogen and oxygen atoms in total. The van der Waals surface area contributed by atoms with Gasteiger partial charge in [-0.25, -0.2) is 8.42 Å². The van der Waals surface area contributed by atoms with Crippen molar-refractivity contribution in [2.75, 3.05) is 19.8 Å². The molecule has 0 atom stereocenters. The van der Waals surface area contributed by atoms with E-state index in [0.29, 0.717) is 17.0 Å². The van der Waals surface area contributed by atoms with Crippen LogP contribution in [0, 0.1) is 6.92 Å². The van der Waals surface area contributed by atoms with Gasteiger partial charge < -0.3 is 9.47 Å². The van der Waals surface area contributed by atoms with Crippen molar-refractivity contribution in [2.24, 2.45) is 0 Å². The minimum atomic E-state index is -3.24. The maximum Gasteiger partial charge on any atom is 0.253 e. The molecular weight excluding hydrogens is 492 g/mol. The summed E-state index contributed by atoms with van der Waals surface area (Å²) >= 11 is 0. The minimum Gasteiger partial charge on any atom is -0.343 e. The first-order chi connectivity index (χ1) is 18.2. The summed E-state index contributed by atoms with van der Waals surface area (Å²) < 4.78 is 25.8. The average molecular weight is 523 g/mol. The van der Waals surface area contributed by atoms with Gasteiger partial charge in [0.25, 0.3) is 5.91 Å². The van der Waals surface area contributed by atoms with E-state index < -0.39 is 9.84 Å². The average Bonchev–Trinajstić information content (AvgIpc) is 3.25. The van der Waals surface area contributed by atoms with Crippen molar-refractivity contribution >= 4 is 26.6 Å². The van der Waals surface area contributed by atoms with Gasteiger partial charge in [-0.2, -0.15) is 0 Å². The van der Waals surface area contributed by atoms with Crippen LogP contribution in [0.2, 0.25) is 0 Å². The van der Waals surface area contributed by atoms with Gasteiger partial charge in [-0.15, -0.1) is 0 Å². The van der Waals surface area contributed by atoms with E-state index in [1.54, 1.807) is 17.0 Å². The van der Waals surface area contributed by atoms with Gasteiger partial charge in [0.2, 0.25) is 0 Å². The van der Waals surface area contributed by atoms with E-state index in [1.165, 1.54) is 22.9 Å². The van der Waals surface area contributed by atoms with E-state index >= 15 is 0 Å². The van der Waals surface area contributed by atoms with Gasteiger partial charge in [-0.05, 0) is 77.0 Å². The van der Waals surface area contributed by atoms with Crippen LogP contribution in [0.1, 0.15) is 16.1 Å². The Balaban J connectivity index is 1.33. The molecule has 5 aromatic rings. The molecule has 0 aliphatic rings. The number of amides is 1. The number of carbonyl (C=O) groups excluding carboxylic acids is 1. The first-order valence-electron chi connectivity index (χ1n) is 12.5. The van der Waals surface area contributed by atoms with Crippen LogP contribution >= 0.6 is 0 Å². The topological polar surface area (TPSA) is 59.4 Å². The summed E-state index contributed by atoms with van der Waals surface area (Å²) in [5.74, 6) is -0.0199. The second-order valence-corrected chi connectivity index (χ2v) is 11.7. The lowest BCUT2D eigenvalue weighted by Gasteiger charge is -2.19. The molecule has 0 aliphatic heterocycles. The molecular formula is C32H30N2O3S. The van der Waals surface area contributed by atoms with Crippen molar-refractivity contribution in [2.45, 2.75) is 18.4 Å². The number of rotatable bonds is 7. The zero-order valence-corrected chi connectivity index (χ0v) is 22.6. The molecule has 1 heterocycles. The Hall–Kier alpha value is -4.16. The number of aromatic nitrogens is 1. The van der Waals surface area contributed by atoms with Gasteiger partial charge in [0.05, 0.1) is 4.90 Å². The number of carbonyl (C=O) groups is 1. The number of benzene rings is 4. The van der Waals surface area contributed by atoms with E-state index in [0.717, 1.165) is 28.8 Å². The molecule has 0 unspecified atom stereocenters. The Labute approximate surface area is 223 Å². The molecule has 192 valence electrons. The van der Waals surface area contributed by atoms with Crippen LogP contribution in [0.5, 0.6) is 0 Å². The summed E-state index contributed by atoms with van der Waals surface area (Å²) in [6.07, 6.45) is 1.21. The lowest BCUT2D eigenvalue weighted by Crippen LogP contribution is -2.30. The van der Waals surface area contributed by atoms with Crippen LogP contribution in [0.25, 0.3) is 33.2 Å². The normalized spacial score (nSPS) is 11.6. The molecule has 0 spiro atoms. The number of sulfone groups is 1. The number of fused-ring (bicyclic) bond motifs is 1. The lowest BCUT2D eigenvalue weighted by atomic mass is 9.98. The van der Waals surface area contributed by atoms with Gasteiger partial charge >= 0.3 is 0 Å². The smallest absolute Gasteiger partial charge is 0.253 e. The van der Waals surface area contributed by atoms with Crippen LogP contribution in [0.4, 0.5) is 0 Å². The summed E-state index contributed by atoms with van der Waals surface area (Å²) in [5.41, 5.74) is 6.85. The van der Waals surface area contributed by atoms with E-state index in [1.807, 2.05) is 73.8 Å². The fourth-order valence-electron chi connectivity index (χ4n) is 4.82. The van der Waals surface area contributed by atoms with Crippen molar-refractivity contribution in [1.29, 1.82) is 0 Å². The van der Waals surface area contributed by atoms with Gasteiger partial charge in [0.1, 0.15) is 0 Å². The van der Waals surface area contributed by atoms with Gasteiger partial charge in [-0.3, -0.25) is 4.79 Å². The molecule has 4 aromatic carbocycles. The fraction of sp³-hybridized carbons (Fsp3) is 0.156. The third-order valence-corrected chi connectivity index (χ3v) is 8.07. The molecule has 0 bridgehead atoms. The van der Waals surface area contributed by atoms with Gasteiger partial charge in [0.15, 0.2) is 9.84 Å². The number of aryl methyl sites for hydroxylation is 1. The second kappa shape index (κ2) is 10.3. The van der Waals surface area contributed by atoms with Crippen molar-refractivity contribution in [3.63, 3.8) is 0 Å². The molecule has 0 N–H and O–H groups in total. The van der Waals surface area contributed by atoms with E-state index in [9.17, 15) is 13.2 Å². The molecule has 0 radical (unpaired) electrons. The molecule has 1 aromatic heterocycles. The maximum absolute atomic E-state index is 13.3. The van der Waals surface area contributed by atoms with Crippen molar-refractivity contribution in [1.82, 2.24) is 9.47 Å². The van der Waals surface area contributed by atoms with Gasteiger partial charge in [-0.1, -0.05) is 60.7 Å². The largest absolute Gasteiger partial charge is 0.343 e. The minimum absolute atomic E-state index is 0.0199. The monoisotopic (exact) mass is 522 g/mol. The molecule has 6 heteroatoms. The number of para-hydroxylation sites is 1. The Bertz CT molecular complexity index is 1730. The van der Waals surface area contributed by atoms with Crippen molar-refractivity contribution in [3.8, 4) is 22.3 Å².